The van der Waals surface area contributed by atoms with Gasteiger partial charge < -0.3 is 15.0 Å². The average Bonchev–Trinajstić information content (AvgIpc) is 3.42. The van der Waals surface area contributed by atoms with Crippen LogP contribution >= 0.6 is 11.3 Å². The Labute approximate surface area is 176 Å². The third-order valence-electron chi connectivity index (χ3n) is 5.18. The maximum atomic E-state index is 14.1. The first-order chi connectivity index (χ1) is 14.5. The summed E-state index contributed by atoms with van der Waals surface area (Å²) in [6.45, 7) is 2.78. The molecule has 1 aliphatic heterocycles. The molecule has 1 atom stereocenters. The Bertz CT molecular complexity index is 1130. The molecule has 1 amide bonds. The number of anilines is 1. The second kappa shape index (κ2) is 8.39. The van der Waals surface area contributed by atoms with Gasteiger partial charge in [0, 0.05) is 13.1 Å². The van der Waals surface area contributed by atoms with Gasteiger partial charge in [-0.25, -0.2) is 4.98 Å². The second-order valence-electron chi connectivity index (χ2n) is 7.03. The van der Waals surface area contributed by atoms with E-state index >= 15 is 0 Å². The van der Waals surface area contributed by atoms with E-state index in [2.05, 4.69) is 15.4 Å². The van der Waals surface area contributed by atoms with Gasteiger partial charge in [-0.1, -0.05) is 30.4 Å². The molecule has 2 aromatic heterocycles. The van der Waals surface area contributed by atoms with E-state index in [1.54, 1.807) is 14.0 Å². The number of rotatable bonds is 6. The van der Waals surface area contributed by atoms with Crippen LogP contribution in [0.25, 0.3) is 4.96 Å². The molecule has 8 nitrogen and oxygen atoms in total. The Morgan fingerprint density at radius 2 is 2.13 bits per heavy atom. The van der Waals surface area contributed by atoms with Crippen LogP contribution < -0.4 is 20.5 Å². The standard InChI is InChI=1S/C20H22FN5O3S/c1-3-14-16(21)18(28)26-19(23-14)30-20(24-26)25-10-4-5-15(25)17(27)22-11-12-6-8-13(29-2)9-7-12/h6-9,15H,3-5,10-11H2,1-2H3,(H,22,27)/t15-/m1/s1. The van der Waals surface area contributed by atoms with Crippen LogP contribution in [0.1, 0.15) is 31.0 Å². The lowest BCUT2D eigenvalue weighted by Crippen LogP contribution is -2.43. The summed E-state index contributed by atoms with van der Waals surface area (Å²) in [5.41, 5.74) is 0.288. The lowest BCUT2D eigenvalue weighted by atomic mass is 10.2. The van der Waals surface area contributed by atoms with Crippen LogP contribution in [0.5, 0.6) is 5.75 Å². The van der Waals surface area contributed by atoms with Crippen molar-refractivity contribution in [2.75, 3.05) is 18.6 Å². The number of carbonyl (C=O) groups excluding carboxylic acids is 1. The third kappa shape index (κ3) is 3.74. The molecule has 0 aliphatic carbocycles. The van der Waals surface area contributed by atoms with E-state index in [9.17, 15) is 14.0 Å². The largest absolute Gasteiger partial charge is 0.497 e. The molecule has 10 heteroatoms. The minimum absolute atomic E-state index is 0.108. The Morgan fingerprint density at radius 3 is 2.83 bits per heavy atom. The van der Waals surface area contributed by atoms with Gasteiger partial charge >= 0.3 is 5.56 Å². The molecule has 158 valence electrons. The van der Waals surface area contributed by atoms with Gasteiger partial charge in [-0.3, -0.25) is 9.59 Å². The quantitative estimate of drug-likeness (QED) is 0.643. The zero-order chi connectivity index (χ0) is 21.3. The molecule has 30 heavy (non-hydrogen) atoms. The highest BCUT2D eigenvalue weighted by molar-refractivity contribution is 7.20. The molecule has 0 saturated carbocycles. The Morgan fingerprint density at radius 1 is 1.37 bits per heavy atom. The van der Waals surface area contributed by atoms with Crippen molar-refractivity contribution in [2.45, 2.75) is 38.8 Å². The van der Waals surface area contributed by atoms with Crippen molar-refractivity contribution in [3.8, 4) is 5.75 Å². The lowest BCUT2D eigenvalue weighted by molar-refractivity contribution is -0.122. The molecule has 1 saturated heterocycles. The molecule has 0 bridgehead atoms. The zero-order valence-electron chi connectivity index (χ0n) is 16.7. The molecule has 3 heterocycles. The van der Waals surface area contributed by atoms with Gasteiger partial charge in [0.15, 0.2) is 0 Å². The molecule has 1 aliphatic rings. The molecular weight excluding hydrogens is 409 g/mol. The van der Waals surface area contributed by atoms with Gasteiger partial charge in [0.25, 0.3) is 0 Å². The first-order valence-corrected chi connectivity index (χ1v) is 10.6. The summed E-state index contributed by atoms with van der Waals surface area (Å²) in [5.74, 6) is -0.222. The van der Waals surface area contributed by atoms with Crippen LogP contribution in [0, 0.1) is 5.82 Å². The van der Waals surface area contributed by atoms with Gasteiger partial charge in [0.1, 0.15) is 11.8 Å². The predicted octanol–water partition coefficient (Wildman–Crippen LogP) is 2.15. The third-order valence-corrected chi connectivity index (χ3v) is 6.12. The molecule has 1 aromatic carbocycles. The Hall–Kier alpha value is -3.01. The minimum atomic E-state index is -0.873. The number of aryl methyl sites for hydroxylation is 1. The fourth-order valence-corrected chi connectivity index (χ4v) is 4.51. The fraction of sp³-hybridized carbons (Fsp3) is 0.400. The van der Waals surface area contributed by atoms with E-state index < -0.39 is 17.4 Å². The molecule has 0 unspecified atom stereocenters. The molecule has 3 aromatic rings. The maximum absolute atomic E-state index is 14.1. The van der Waals surface area contributed by atoms with E-state index in [1.165, 1.54) is 11.3 Å². The van der Waals surface area contributed by atoms with Crippen molar-refractivity contribution < 1.29 is 13.9 Å². The van der Waals surface area contributed by atoms with Crippen LogP contribution in [0.15, 0.2) is 29.1 Å². The number of hydrogen-bond acceptors (Lipinski definition) is 7. The molecule has 1 fully saturated rings. The molecular formula is C20H22FN5O3S. The van der Waals surface area contributed by atoms with Crippen LogP contribution in [0.4, 0.5) is 9.52 Å². The number of benzene rings is 1. The van der Waals surface area contributed by atoms with Crippen molar-refractivity contribution in [3.05, 3.63) is 51.7 Å². The van der Waals surface area contributed by atoms with Crippen molar-refractivity contribution >= 4 is 27.3 Å². The molecule has 0 spiro atoms. The van der Waals surface area contributed by atoms with Crippen molar-refractivity contribution in [1.29, 1.82) is 0 Å². The van der Waals surface area contributed by atoms with Gasteiger partial charge in [0.05, 0.1) is 12.8 Å². The van der Waals surface area contributed by atoms with E-state index in [0.717, 1.165) is 22.2 Å². The van der Waals surface area contributed by atoms with E-state index in [1.807, 2.05) is 29.2 Å². The minimum Gasteiger partial charge on any atom is -0.497 e. The Kier molecular flexibility index (Phi) is 5.67. The van der Waals surface area contributed by atoms with E-state index in [0.29, 0.717) is 36.0 Å². The van der Waals surface area contributed by atoms with Gasteiger partial charge in [0.2, 0.25) is 21.8 Å². The van der Waals surface area contributed by atoms with Crippen molar-refractivity contribution in [1.82, 2.24) is 19.9 Å². The highest BCUT2D eigenvalue weighted by atomic mass is 32.1. The highest BCUT2D eigenvalue weighted by Crippen LogP contribution is 2.29. The average molecular weight is 431 g/mol. The summed E-state index contributed by atoms with van der Waals surface area (Å²) >= 11 is 1.19. The smallest absolute Gasteiger partial charge is 0.311 e. The lowest BCUT2D eigenvalue weighted by Gasteiger charge is -2.22. The Balaban J connectivity index is 1.52. The predicted molar refractivity (Wildman–Crippen MR) is 112 cm³/mol. The first kappa shape index (κ1) is 20.3. The van der Waals surface area contributed by atoms with Crippen LogP contribution in [-0.2, 0) is 17.8 Å². The first-order valence-electron chi connectivity index (χ1n) is 9.77. The number of amides is 1. The van der Waals surface area contributed by atoms with Gasteiger partial charge in [-0.05, 0) is 37.0 Å². The summed E-state index contributed by atoms with van der Waals surface area (Å²) in [7, 11) is 1.61. The number of carbonyl (C=O) groups is 1. The highest BCUT2D eigenvalue weighted by Gasteiger charge is 2.33. The topological polar surface area (TPSA) is 88.8 Å². The number of hydrogen-bond donors (Lipinski definition) is 1. The SMILES string of the molecule is CCc1nc2sc(N3CCC[C@@H]3C(=O)NCc3ccc(OC)cc3)nn2c(=O)c1F. The molecule has 0 radical (unpaired) electrons. The fourth-order valence-electron chi connectivity index (χ4n) is 3.53. The summed E-state index contributed by atoms with van der Waals surface area (Å²) in [4.78, 5) is 31.5. The van der Waals surface area contributed by atoms with Gasteiger partial charge in [-0.15, -0.1) is 5.10 Å². The van der Waals surface area contributed by atoms with Crippen LogP contribution in [0.3, 0.4) is 0 Å². The number of fused-ring (bicyclic) bond motifs is 1. The van der Waals surface area contributed by atoms with Crippen molar-refractivity contribution in [2.24, 2.45) is 0 Å². The summed E-state index contributed by atoms with van der Waals surface area (Å²) in [6.07, 6.45) is 1.83. The molecule has 4 rings (SSSR count). The van der Waals surface area contributed by atoms with Crippen LogP contribution in [-0.4, -0.2) is 40.2 Å². The zero-order valence-corrected chi connectivity index (χ0v) is 17.5. The second-order valence-corrected chi connectivity index (χ2v) is 7.96. The molecule has 1 N–H and O–H groups in total. The number of nitrogens with zero attached hydrogens (tertiary/aromatic N) is 4. The normalized spacial score (nSPS) is 16.2. The number of methoxy groups -OCH3 is 1. The summed E-state index contributed by atoms with van der Waals surface area (Å²) in [6, 6.07) is 7.10. The monoisotopic (exact) mass is 431 g/mol. The number of halogens is 1. The van der Waals surface area contributed by atoms with E-state index in [4.69, 9.17) is 4.74 Å². The number of aromatic nitrogens is 3. The van der Waals surface area contributed by atoms with Gasteiger partial charge in [-0.2, -0.15) is 8.91 Å². The number of ether oxygens (including phenoxy) is 1. The van der Waals surface area contributed by atoms with Crippen LogP contribution in [0.2, 0.25) is 0 Å². The maximum Gasteiger partial charge on any atom is 0.311 e. The van der Waals surface area contributed by atoms with Crippen molar-refractivity contribution in [3.63, 3.8) is 0 Å². The number of nitrogens with one attached hydrogen (secondary N) is 1. The summed E-state index contributed by atoms with van der Waals surface area (Å²) in [5, 5.41) is 7.71. The van der Waals surface area contributed by atoms with E-state index in [-0.39, 0.29) is 11.6 Å². The summed E-state index contributed by atoms with van der Waals surface area (Å²) < 4.78 is 20.2.